The van der Waals surface area contributed by atoms with Crippen LogP contribution in [0.15, 0.2) is 127 Å². The van der Waals surface area contributed by atoms with Gasteiger partial charge in [0.1, 0.15) is 117 Å². The highest BCUT2D eigenvalue weighted by Crippen LogP contribution is 2.69. The molecule has 0 saturated carbocycles. The van der Waals surface area contributed by atoms with Crippen molar-refractivity contribution in [2.75, 3.05) is 0 Å². The number of hydrogen-bond acceptors (Lipinski definition) is 30. The number of ether oxygens (including phenoxy) is 6. The molecule has 24 N–H and O–H groups in total. The van der Waals surface area contributed by atoms with Gasteiger partial charge in [0.05, 0.1) is 29.8 Å². The third-order valence-corrected chi connectivity index (χ3v) is 20.5. The first-order chi connectivity index (χ1) is 49.9. The van der Waals surface area contributed by atoms with Gasteiger partial charge in [0, 0.05) is 98.5 Å². The highest BCUT2D eigenvalue weighted by molar-refractivity contribution is 5.76. The maximum atomic E-state index is 13.5. The number of fused-ring (bicyclic) bond motifs is 11. The van der Waals surface area contributed by atoms with Crippen LogP contribution in [0.3, 0.4) is 0 Å². The Morgan fingerprint density at radius 2 is 0.629 bits per heavy atom. The summed E-state index contributed by atoms with van der Waals surface area (Å²) in [5.41, 5.74) is -5.06. The molecule has 0 fully saturated rings. The molecule has 0 saturated heterocycles. The van der Waals surface area contributed by atoms with E-state index in [2.05, 4.69) is 0 Å². The molecule has 0 amide bonds. The summed E-state index contributed by atoms with van der Waals surface area (Å²) in [6.07, 6.45) is -17.8. The standard InChI is InChI=1S/C75H60O30/c76-28-16-41(88)51-49(17-28)100-67(24-2-7-31(78)37(84)12-24)63(96)59(51)56-45(92)21-46(93)57-62-58-50(104-75(74(62)99,105-73(56)57)27-5-10-34(81)40(87)15-27)22-47(94)55-61(65(98)69(103-72(55)58)26-4-9-33(80)39(86)14-26)54-44(91)20-43(90)53-60(64(97)68(102-71(53)54)25-3-8-32(79)38(85)13-25)52-42(89)19-35(82)29-18-48(95)66(101-70(29)52)23-1-6-30(77)36(83)11-23/h1-17,19-22,48,59-69,74,76-99H,18H2/t48-,59-,60-,61+,62-,63-,64-,65-,66-,67-,68-,69-,74-,75-/m1/s1. The second-order valence-electron chi connectivity index (χ2n) is 26.5. The molecule has 10 aromatic carbocycles. The van der Waals surface area contributed by atoms with Crippen LogP contribution in [0, 0.1) is 0 Å². The second kappa shape index (κ2) is 23.5. The molecule has 30 heteroatoms. The molecule has 6 aliphatic rings. The number of phenols is 19. The van der Waals surface area contributed by atoms with Crippen LogP contribution in [0.2, 0.25) is 0 Å². The van der Waals surface area contributed by atoms with E-state index in [1.807, 2.05) is 0 Å². The van der Waals surface area contributed by atoms with Gasteiger partial charge in [0.2, 0.25) is 0 Å². The zero-order valence-electron chi connectivity index (χ0n) is 53.5. The van der Waals surface area contributed by atoms with Crippen molar-refractivity contribution in [1.29, 1.82) is 0 Å². The SMILES string of the molecule is Oc1cc(O)c2c(c1)O[C@H](c1ccc(O)c(O)c1)[C@H](O)[C@H]2c1c(O)cc(O)c2c1O[C@@]1(c3ccc(O)c(O)c3)Oc3cc(O)c4c(c3[C@@H]2[C@H]1O)O[C@H](c1ccc(O)c(O)c1)[C@H](O)[C@H]4c1c(O)cc(O)c2c1O[C@H](c1ccc(O)c(O)c1)[C@H](O)[C@@H]2c1c(O)cc(O)c2c1O[C@H](c1ccc(O)c(O)c1)[C@H](O)C2. The molecule has 540 valence electrons. The molecule has 0 radical (unpaired) electrons. The first kappa shape index (κ1) is 66.5. The Kier molecular flexibility index (Phi) is 14.9. The van der Waals surface area contributed by atoms with E-state index in [1.54, 1.807) is 0 Å². The van der Waals surface area contributed by atoms with Gasteiger partial charge >= 0.3 is 5.79 Å². The monoisotopic (exact) mass is 1440 g/mol. The number of benzene rings is 10. The zero-order valence-corrected chi connectivity index (χ0v) is 53.5. The Balaban J connectivity index is 0.966. The summed E-state index contributed by atoms with van der Waals surface area (Å²) in [6, 6.07) is 21.3. The Morgan fingerprint density at radius 1 is 0.267 bits per heavy atom. The lowest BCUT2D eigenvalue weighted by molar-refractivity contribution is -0.219. The minimum absolute atomic E-state index is 0.0372. The maximum absolute atomic E-state index is 13.5. The summed E-state index contributed by atoms with van der Waals surface area (Å²) in [4.78, 5) is 0. The van der Waals surface area contributed by atoms with E-state index in [0.29, 0.717) is 0 Å². The predicted octanol–water partition coefficient (Wildman–Crippen LogP) is 7.14. The highest BCUT2D eigenvalue weighted by atomic mass is 16.7. The van der Waals surface area contributed by atoms with E-state index in [9.17, 15) is 123 Å². The molecule has 6 aliphatic heterocycles. The molecular weight excluding hydrogens is 1380 g/mol. The van der Waals surface area contributed by atoms with Crippen molar-refractivity contribution in [1.82, 2.24) is 0 Å². The van der Waals surface area contributed by atoms with E-state index >= 15 is 0 Å². The third kappa shape index (κ3) is 9.89. The van der Waals surface area contributed by atoms with Gasteiger partial charge in [-0.25, -0.2) is 0 Å². The summed E-state index contributed by atoms with van der Waals surface area (Å²) in [5, 5.41) is 282. The quantitative estimate of drug-likeness (QED) is 0.0672. The second-order valence-corrected chi connectivity index (χ2v) is 26.5. The summed E-state index contributed by atoms with van der Waals surface area (Å²) in [6.45, 7) is 0. The molecule has 0 spiro atoms. The van der Waals surface area contributed by atoms with Crippen LogP contribution in [0.1, 0.15) is 126 Å². The van der Waals surface area contributed by atoms with Gasteiger partial charge in [-0.3, -0.25) is 0 Å². The molecule has 30 nitrogen and oxygen atoms in total. The van der Waals surface area contributed by atoms with Crippen molar-refractivity contribution in [3.05, 3.63) is 205 Å². The van der Waals surface area contributed by atoms with Crippen LogP contribution in [-0.4, -0.2) is 153 Å². The van der Waals surface area contributed by atoms with Crippen LogP contribution in [0.25, 0.3) is 0 Å². The number of hydrogen-bond donors (Lipinski definition) is 24. The molecule has 6 heterocycles. The number of aliphatic hydroxyl groups excluding tert-OH is 5. The number of phenolic OH excluding ortho intramolecular Hbond substituents is 19. The van der Waals surface area contributed by atoms with Crippen molar-refractivity contribution < 1.29 is 151 Å². The Labute approximate surface area is 588 Å². The molecule has 0 unspecified atom stereocenters. The smallest absolute Gasteiger partial charge is 0.305 e. The van der Waals surface area contributed by atoms with Gasteiger partial charge in [0.15, 0.2) is 75.8 Å². The van der Waals surface area contributed by atoms with E-state index in [0.717, 1.165) is 103 Å². The first-order valence-electron chi connectivity index (χ1n) is 32.2. The molecule has 105 heavy (non-hydrogen) atoms. The average molecular weight is 1440 g/mol. The largest absolute Gasteiger partial charge is 0.508 e. The molecule has 0 aromatic heterocycles. The van der Waals surface area contributed by atoms with Crippen LogP contribution in [-0.2, 0) is 12.2 Å². The maximum Gasteiger partial charge on any atom is 0.305 e. The topological polar surface area (TPSA) is 541 Å². The summed E-state index contributed by atoms with van der Waals surface area (Å²) >= 11 is 0. The van der Waals surface area contributed by atoms with Crippen molar-refractivity contribution in [2.24, 2.45) is 0 Å². The first-order valence-corrected chi connectivity index (χ1v) is 32.2. The summed E-state index contributed by atoms with van der Waals surface area (Å²) < 4.78 is 40.0. The van der Waals surface area contributed by atoms with Gasteiger partial charge in [0.25, 0.3) is 0 Å². The van der Waals surface area contributed by atoms with Crippen LogP contribution in [0.4, 0.5) is 0 Å². The number of aliphatic hydroxyl groups is 5. The Morgan fingerprint density at radius 3 is 1.10 bits per heavy atom. The zero-order chi connectivity index (χ0) is 74.3. The van der Waals surface area contributed by atoms with Crippen molar-refractivity contribution in [3.63, 3.8) is 0 Å². The average Bonchev–Trinajstić information content (AvgIpc) is 0.692. The van der Waals surface area contributed by atoms with Gasteiger partial charge in [-0.1, -0.05) is 24.3 Å². The van der Waals surface area contributed by atoms with Gasteiger partial charge < -0.3 is 151 Å². The number of rotatable bonds is 8. The van der Waals surface area contributed by atoms with Crippen molar-refractivity contribution in [2.45, 2.75) is 90.8 Å². The fourth-order valence-corrected chi connectivity index (χ4v) is 15.8. The van der Waals surface area contributed by atoms with E-state index in [1.165, 1.54) is 24.3 Å². The Hall–Kier alpha value is -13.0. The van der Waals surface area contributed by atoms with Crippen LogP contribution in [0.5, 0.6) is 144 Å². The summed E-state index contributed by atoms with van der Waals surface area (Å²) in [7, 11) is 0. The predicted molar refractivity (Wildman–Crippen MR) is 354 cm³/mol. The number of aromatic hydroxyl groups is 19. The van der Waals surface area contributed by atoms with E-state index in [-0.39, 0.29) is 44.7 Å². The molecule has 14 atom stereocenters. The molecular formula is C75H60O30. The van der Waals surface area contributed by atoms with Crippen LogP contribution >= 0.6 is 0 Å². The van der Waals surface area contributed by atoms with E-state index in [4.69, 9.17) is 28.4 Å². The Bertz CT molecular complexity index is 5350. The highest BCUT2D eigenvalue weighted by Gasteiger charge is 2.63. The van der Waals surface area contributed by atoms with Crippen molar-refractivity contribution in [3.8, 4) is 144 Å². The van der Waals surface area contributed by atoms with Gasteiger partial charge in [-0.2, -0.15) is 0 Å². The third-order valence-electron chi connectivity index (χ3n) is 20.5. The fraction of sp³-hybridized carbons (Fsp3) is 0.200. The minimum atomic E-state index is -2.85. The fourth-order valence-electron chi connectivity index (χ4n) is 15.8. The molecule has 16 rings (SSSR count). The van der Waals surface area contributed by atoms with E-state index < -0.39 is 268 Å². The molecule has 10 aromatic rings. The lowest BCUT2D eigenvalue weighted by Crippen LogP contribution is -2.58. The van der Waals surface area contributed by atoms with Gasteiger partial charge in [-0.15, -0.1) is 0 Å². The minimum Gasteiger partial charge on any atom is -0.508 e. The van der Waals surface area contributed by atoms with Crippen LogP contribution < -0.4 is 28.4 Å². The lowest BCUT2D eigenvalue weighted by atomic mass is 9.69. The molecule has 0 aliphatic carbocycles. The van der Waals surface area contributed by atoms with Crippen molar-refractivity contribution >= 4 is 0 Å². The van der Waals surface area contributed by atoms with Gasteiger partial charge in [-0.05, 0) is 89.0 Å². The molecule has 2 bridgehead atoms. The lowest BCUT2D eigenvalue weighted by Gasteiger charge is -2.52. The normalized spacial score (nSPS) is 25.1. The summed E-state index contributed by atoms with van der Waals surface area (Å²) in [5.74, 6) is -28.7.